The number of amides is 1. The Hall–Kier alpha value is -2.14. The Morgan fingerprint density at radius 2 is 2.29 bits per heavy atom. The van der Waals surface area contributed by atoms with Crippen molar-refractivity contribution >= 4 is 5.91 Å². The highest BCUT2D eigenvalue weighted by molar-refractivity contribution is 5.72. The zero-order valence-corrected chi connectivity index (χ0v) is 14.5. The SMILES string of the molecule is CC(=O)NC[C@H]1CCCN(Cc2ccc(-n3cccn3)cc2C)C1. The molecule has 0 spiro atoms. The average molecular weight is 326 g/mol. The number of hydrogen-bond acceptors (Lipinski definition) is 3. The molecule has 1 atom stereocenters. The van der Waals surface area contributed by atoms with E-state index in [0.717, 1.165) is 31.9 Å². The summed E-state index contributed by atoms with van der Waals surface area (Å²) in [6, 6.07) is 8.48. The van der Waals surface area contributed by atoms with Crippen molar-refractivity contribution in [1.29, 1.82) is 0 Å². The van der Waals surface area contributed by atoms with Crippen LogP contribution in [-0.2, 0) is 11.3 Å². The minimum Gasteiger partial charge on any atom is -0.356 e. The van der Waals surface area contributed by atoms with Crippen LogP contribution in [0.15, 0.2) is 36.7 Å². The fourth-order valence-electron chi connectivity index (χ4n) is 3.41. The summed E-state index contributed by atoms with van der Waals surface area (Å²) >= 11 is 0. The first-order valence-electron chi connectivity index (χ1n) is 8.68. The molecule has 1 aromatic heterocycles. The number of aromatic nitrogens is 2. The van der Waals surface area contributed by atoms with E-state index in [1.165, 1.54) is 24.0 Å². The summed E-state index contributed by atoms with van der Waals surface area (Å²) in [5, 5.41) is 7.25. The maximum Gasteiger partial charge on any atom is 0.216 e. The molecule has 1 amide bonds. The minimum atomic E-state index is 0.0668. The van der Waals surface area contributed by atoms with E-state index in [-0.39, 0.29) is 5.91 Å². The lowest BCUT2D eigenvalue weighted by atomic mass is 9.97. The van der Waals surface area contributed by atoms with Crippen molar-refractivity contribution < 1.29 is 4.79 Å². The van der Waals surface area contributed by atoms with Gasteiger partial charge in [0.15, 0.2) is 0 Å². The Kier molecular flexibility index (Phi) is 5.30. The van der Waals surface area contributed by atoms with Gasteiger partial charge in [-0.2, -0.15) is 5.10 Å². The maximum absolute atomic E-state index is 11.1. The summed E-state index contributed by atoms with van der Waals surface area (Å²) in [4.78, 5) is 13.6. The summed E-state index contributed by atoms with van der Waals surface area (Å²) in [6.45, 7) is 7.72. The average Bonchev–Trinajstić information content (AvgIpc) is 3.10. The minimum absolute atomic E-state index is 0.0668. The van der Waals surface area contributed by atoms with Crippen LogP contribution in [0, 0.1) is 12.8 Å². The molecule has 0 saturated carbocycles. The summed E-state index contributed by atoms with van der Waals surface area (Å²) in [7, 11) is 0. The second-order valence-electron chi connectivity index (χ2n) is 6.74. The van der Waals surface area contributed by atoms with Gasteiger partial charge in [-0.25, -0.2) is 4.68 Å². The number of aryl methyl sites for hydroxylation is 1. The molecule has 0 aliphatic carbocycles. The fraction of sp³-hybridized carbons (Fsp3) is 0.474. The van der Waals surface area contributed by atoms with Crippen molar-refractivity contribution in [3.8, 4) is 5.69 Å². The van der Waals surface area contributed by atoms with Crippen molar-refractivity contribution in [3.63, 3.8) is 0 Å². The summed E-state index contributed by atoms with van der Waals surface area (Å²) in [6.07, 6.45) is 6.17. The highest BCUT2D eigenvalue weighted by Crippen LogP contribution is 2.21. The predicted molar refractivity (Wildman–Crippen MR) is 95.0 cm³/mol. The topological polar surface area (TPSA) is 50.2 Å². The van der Waals surface area contributed by atoms with Gasteiger partial charge in [-0.3, -0.25) is 9.69 Å². The normalized spacial score (nSPS) is 18.5. The van der Waals surface area contributed by atoms with E-state index in [9.17, 15) is 4.79 Å². The molecule has 1 aliphatic heterocycles. The highest BCUT2D eigenvalue weighted by atomic mass is 16.1. The molecule has 24 heavy (non-hydrogen) atoms. The number of nitrogens with zero attached hydrogens (tertiary/aromatic N) is 3. The Morgan fingerprint density at radius 1 is 1.42 bits per heavy atom. The predicted octanol–water partition coefficient (Wildman–Crippen LogP) is 2.53. The number of carbonyl (C=O) groups is 1. The second-order valence-corrected chi connectivity index (χ2v) is 6.74. The van der Waals surface area contributed by atoms with Gasteiger partial charge >= 0.3 is 0 Å². The van der Waals surface area contributed by atoms with Gasteiger partial charge in [0.25, 0.3) is 0 Å². The Morgan fingerprint density at radius 3 is 3.00 bits per heavy atom. The van der Waals surface area contributed by atoms with E-state index in [1.807, 2.05) is 16.9 Å². The van der Waals surface area contributed by atoms with Crippen molar-refractivity contribution in [2.45, 2.75) is 33.2 Å². The first kappa shape index (κ1) is 16.7. The van der Waals surface area contributed by atoms with Crippen LogP contribution in [0.1, 0.15) is 30.9 Å². The molecule has 2 heterocycles. The lowest BCUT2D eigenvalue weighted by Crippen LogP contribution is -2.40. The molecule has 1 saturated heterocycles. The molecule has 1 fully saturated rings. The van der Waals surface area contributed by atoms with Crippen molar-refractivity contribution in [2.24, 2.45) is 5.92 Å². The Labute approximate surface area is 143 Å². The van der Waals surface area contributed by atoms with Gasteiger partial charge in [0, 0.05) is 39.0 Å². The van der Waals surface area contributed by atoms with E-state index >= 15 is 0 Å². The van der Waals surface area contributed by atoms with E-state index in [2.05, 4.69) is 40.4 Å². The quantitative estimate of drug-likeness (QED) is 0.918. The lowest BCUT2D eigenvalue weighted by molar-refractivity contribution is -0.119. The maximum atomic E-state index is 11.1. The van der Waals surface area contributed by atoms with Gasteiger partial charge < -0.3 is 5.32 Å². The van der Waals surface area contributed by atoms with Gasteiger partial charge in [0.1, 0.15) is 0 Å². The van der Waals surface area contributed by atoms with Crippen LogP contribution in [0.2, 0.25) is 0 Å². The van der Waals surface area contributed by atoms with Crippen LogP contribution < -0.4 is 5.32 Å². The van der Waals surface area contributed by atoms with Crippen LogP contribution in [-0.4, -0.2) is 40.2 Å². The third-order valence-corrected chi connectivity index (χ3v) is 4.73. The van der Waals surface area contributed by atoms with Gasteiger partial charge in [0.05, 0.1) is 5.69 Å². The van der Waals surface area contributed by atoms with Crippen LogP contribution >= 0.6 is 0 Å². The highest BCUT2D eigenvalue weighted by Gasteiger charge is 2.20. The molecule has 1 aliphatic rings. The molecule has 1 aromatic carbocycles. The molecular formula is C19H26N4O. The van der Waals surface area contributed by atoms with E-state index in [4.69, 9.17) is 0 Å². The molecule has 5 nitrogen and oxygen atoms in total. The first-order valence-corrected chi connectivity index (χ1v) is 8.68. The molecule has 3 rings (SSSR count). The number of piperidine rings is 1. The van der Waals surface area contributed by atoms with Crippen LogP contribution in [0.5, 0.6) is 0 Å². The number of nitrogens with one attached hydrogen (secondary N) is 1. The molecule has 0 bridgehead atoms. The van der Waals surface area contributed by atoms with Gasteiger partial charge in [0.2, 0.25) is 5.91 Å². The largest absolute Gasteiger partial charge is 0.356 e. The second kappa shape index (κ2) is 7.62. The third kappa shape index (κ3) is 4.23. The number of benzene rings is 1. The van der Waals surface area contributed by atoms with Gasteiger partial charge in [-0.15, -0.1) is 0 Å². The van der Waals surface area contributed by atoms with Crippen molar-refractivity contribution in [2.75, 3.05) is 19.6 Å². The zero-order chi connectivity index (χ0) is 16.9. The summed E-state index contributed by atoms with van der Waals surface area (Å²) in [5.41, 5.74) is 3.77. The van der Waals surface area contributed by atoms with Crippen molar-refractivity contribution in [3.05, 3.63) is 47.8 Å². The molecule has 128 valence electrons. The van der Waals surface area contributed by atoms with Crippen LogP contribution in [0.25, 0.3) is 5.69 Å². The monoisotopic (exact) mass is 326 g/mol. The standard InChI is InChI=1S/C19H26N4O/c1-15-11-19(23-10-4-8-21-23)7-6-18(15)14-22-9-3-5-17(13-22)12-20-16(2)24/h4,6-8,10-11,17H,3,5,9,12-14H2,1-2H3,(H,20,24)/t17-/m1/s1. The molecule has 1 N–H and O–H groups in total. The van der Waals surface area contributed by atoms with Gasteiger partial charge in [-0.1, -0.05) is 6.07 Å². The molecule has 2 aromatic rings. The van der Waals surface area contributed by atoms with Crippen LogP contribution in [0.4, 0.5) is 0 Å². The Balaban J connectivity index is 1.62. The number of likely N-dealkylation sites (tertiary alicyclic amines) is 1. The lowest BCUT2D eigenvalue weighted by Gasteiger charge is -2.33. The molecule has 0 unspecified atom stereocenters. The van der Waals surface area contributed by atoms with Gasteiger partial charge in [-0.05, 0) is 61.6 Å². The van der Waals surface area contributed by atoms with Crippen LogP contribution in [0.3, 0.4) is 0 Å². The summed E-state index contributed by atoms with van der Waals surface area (Å²) in [5.74, 6) is 0.628. The molecule has 5 heteroatoms. The van der Waals surface area contributed by atoms with Crippen molar-refractivity contribution in [1.82, 2.24) is 20.0 Å². The number of carbonyl (C=O) groups excluding carboxylic acids is 1. The smallest absolute Gasteiger partial charge is 0.216 e. The summed E-state index contributed by atoms with van der Waals surface area (Å²) < 4.78 is 1.89. The molecule has 0 radical (unpaired) electrons. The number of hydrogen-bond donors (Lipinski definition) is 1. The fourth-order valence-corrected chi connectivity index (χ4v) is 3.41. The van der Waals surface area contributed by atoms with E-state index in [1.54, 1.807) is 13.1 Å². The third-order valence-electron chi connectivity index (χ3n) is 4.73. The van der Waals surface area contributed by atoms with E-state index < -0.39 is 0 Å². The van der Waals surface area contributed by atoms with E-state index in [0.29, 0.717) is 5.92 Å². The Bertz CT molecular complexity index is 681. The zero-order valence-electron chi connectivity index (χ0n) is 14.5. The first-order chi connectivity index (χ1) is 11.6. The number of rotatable bonds is 5. The molecular weight excluding hydrogens is 300 g/mol.